The topological polar surface area (TPSA) is 78.2 Å². The minimum absolute atomic E-state index is 0.0133. The van der Waals surface area contributed by atoms with E-state index in [1.54, 1.807) is 7.11 Å². The van der Waals surface area contributed by atoms with Crippen LogP contribution in [0.3, 0.4) is 0 Å². The molecule has 5 nitrogen and oxygen atoms in total. The Labute approximate surface area is 136 Å². The van der Waals surface area contributed by atoms with Gasteiger partial charge in [-0.3, -0.25) is 0 Å². The van der Waals surface area contributed by atoms with Crippen LogP contribution < -0.4 is 0 Å². The third-order valence-electron chi connectivity index (χ3n) is 6.42. The number of azide groups is 1. The van der Waals surface area contributed by atoms with E-state index < -0.39 is 5.60 Å². The van der Waals surface area contributed by atoms with Crippen molar-refractivity contribution in [3.63, 3.8) is 0 Å². The Morgan fingerprint density at radius 1 is 1.30 bits per heavy atom. The minimum Gasteiger partial charge on any atom is -0.389 e. The molecule has 4 aliphatic rings. The summed E-state index contributed by atoms with van der Waals surface area (Å²) in [6.07, 6.45) is 4.62. The lowest BCUT2D eigenvalue weighted by atomic mass is 9.46. The fraction of sp³-hybridized carbons (Fsp3) is 0.667. The van der Waals surface area contributed by atoms with Gasteiger partial charge < -0.3 is 9.84 Å². The van der Waals surface area contributed by atoms with Gasteiger partial charge in [0, 0.05) is 24.4 Å². The maximum absolute atomic E-state index is 11.5. The molecule has 0 aliphatic heterocycles. The van der Waals surface area contributed by atoms with Crippen molar-refractivity contribution in [2.45, 2.75) is 49.3 Å². The van der Waals surface area contributed by atoms with Gasteiger partial charge in [0.05, 0.1) is 17.2 Å². The number of methoxy groups -OCH3 is 1. The molecule has 1 unspecified atom stereocenters. The zero-order chi connectivity index (χ0) is 16.1. The maximum Gasteiger partial charge on any atom is 0.0715 e. The molecule has 4 aliphatic carbocycles. The summed E-state index contributed by atoms with van der Waals surface area (Å²) in [6, 6.07) is 9.59. The van der Waals surface area contributed by atoms with Crippen LogP contribution in [-0.4, -0.2) is 23.4 Å². The molecule has 5 rings (SSSR count). The van der Waals surface area contributed by atoms with Crippen LogP contribution in [0, 0.1) is 17.8 Å². The molecule has 0 heterocycles. The van der Waals surface area contributed by atoms with E-state index in [2.05, 4.69) is 10.0 Å². The Hall–Kier alpha value is -1.55. The van der Waals surface area contributed by atoms with E-state index >= 15 is 0 Å². The van der Waals surface area contributed by atoms with E-state index in [0.717, 1.165) is 31.2 Å². The lowest BCUT2D eigenvalue weighted by molar-refractivity contribution is -0.244. The molecule has 122 valence electrons. The number of aliphatic hydroxyl groups is 1. The number of hydrogen-bond donors (Lipinski definition) is 1. The summed E-state index contributed by atoms with van der Waals surface area (Å²) >= 11 is 0. The molecule has 0 amide bonds. The molecule has 0 radical (unpaired) electrons. The third kappa shape index (κ3) is 2.26. The number of nitrogens with zero attached hydrogens (tertiary/aromatic N) is 3. The summed E-state index contributed by atoms with van der Waals surface area (Å²) in [4.78, 5) is 3.10. The quantitative estimate of drug-likeness (QED) is 0.518. The van der Waals surface area contributed by atoms with Crippen LogP contribution in [0.5, 0.6) is 0 Å². The summed E-state index contributed by atoms with van der Waals surface area (Å²) in [5, 5.41) is 15.6. The molecule has 4 saturated carbocycles. The van der Waals surface area contributed by atoms with Gasteiger partial charge in [0.2, 0.25) is 0 Å². The van der Waals surface area contributed by atoms with E-state index in [1.165, 1.54) is 0 Å². The number of benzene rings is 1. The normalized spacial score (nSPS) is 42.3. The first-order chi connectivity index (χ1) is 11.1. The Bertz CT molecular complexity index is 645. The number of ether oxygens (including phenoxy) is 1. The maximum atomic E-state index is 11.5. The fourth-order valence-electron chi connectivity index (χ4n) is 5.92. The van der Waals surface area contributed by atoms with Gasteiger partial charge in [-0.15, -0.1) is 0 Å². The van der Waals surface area contributed by atoms with Gasteiger partial charge in [-0.05, 0) is 48.6 Å². The second-order valence-corrected chi connectivity index (χ2v) is 7.73. The zero-order valence-electron chi connectivity index (χ0n) is 13.4. The van der Waals surface area contributed by atoms with Crippen LogP contribution >= 0.6 is 0 Å². The van der Waals surface area contributed by atoms with E-state index in [-0.39, 0.29) is 17.6 Å². The smallest absolute Gasteiger partial charge is 0.0715 e. The largest absolute Gasteiger partial charge is 0.389 e. The van der Waals surface area contributed by atoms with Crippen molar-refractivity contribution in [3.8, 4) is 0 Å². The van der Waals surface area contributed by atoms with Crippen LogP contribution in [-0.2, 0) is 4.74 Å². The van der Waals surface area contributed by atoms with Gasteiger partial charge in [0.1, 0.15) is 0 Å². The molecular formula is C18H23N3O2. The molecule has 1 N–H and O–H groups in total. The summed E-state index contributed by atoms with van der Waals surface area (Å²) < 4.78 is 5.85. The summed E-state index contributed by atoms with van der Waals surface area (Å²) in [7, 11) is 1.77. The predicted octanol–water partition coefficient (Wildman–Crippen LogP) is 3.99. The summed E-state index contributed by atoms with van der Waals surface area (Å²) in [5.41, 5.74) is 9.13. The average molecular weight is 313 g/mol. The lowest BCUT2D eigenvalue weighted by Crippen LogP contribution is -2.65. The van der Waals surface area contributed by atoms with Gasteiger partial charge in [-0.1, -0.05) is 35.4 Å². The molecule has 23 heavy (non-hydrogen) atoms. The van der Waals surface area contributed by atoms with Gasteiger partial charge in [0.25, 0.3) is 0 Å². The highest BCUT2D eigenvalue weighted by molar-refractivity contribution is 5.25. The average Bonchev–Trinajstić information content (AvgIpc) is 2.53. The first-order valence-electron chi connectivity index (χ1n) is 8.46. The molecule has 0 spiro atoms. The van der Waals surface area contributed by atoms with Crippen molar-refractivity contribution < 1.29 is 9.84 Å². The van der Waals surface area contributed by atoms with Crippen molar-refractivity contribution >= 4 is 0 Å². The Kier molecular flexibility index (Phi) is 3.41. The standard InChI is InChI=1S/C18H23N3O2/c1-23-17-8-12-7-14(10-17)15(18(22,9-12)11-17)16(20-21-19)13-5-3-2-4-6-13/h2-6,12,14-16,22H,7-11H2,1H3/t12-,14+,15-,16?,17+,18+/m1/s1. The van der Waals surface area contributed by atoms with Crippen LogP contribution in [0.25, 0.3) is 10.4 Å². The number of hydrogen-bond acceptors (Lipinski definition) is 3. The van der Waals surface area contributed by atoms with E-state index in [9.17, 15) is 5.11 Å². The molecule has 1 aromatic rings. The van der Waals surface area contributed by atoms with E-state index in [1.807, 2.05) is 30.3 Å². The van der Waals surface area contributed by atoms with Crippen molar-refractivity contribution in [1.29, 1.82) is 0 Å². The fourth-order valence-corrected chi connectivity index (χ4v) is 5.92. The van der Waals surface area contributed by atoms with Crippen LogP contribution in [0.2, 0.25) is 0 Å². The van der Waals surface area contributed by atoms with Crippen molar-refractivity contribution in [2.75, 3.05) is 7.11 Å². The second kappa shape index (κ2) is 5.23. The lowest BCUT2D eigenvalue weighted by Gasteiger charge is -2.64. The van der Waals surface area contributed by atoms with Crippen molar-refractivity contribution in [2.24, 2.45) is 22.9 Å². The van der Waals surface area contributed by atoms with Gasteiger partial charge >= 0.3 is 0 Å². The summed E-state index contributed by atoms with van der Waals surface area (Å²) in [6.45, 7) is 0. The molecule has 5 heteroatoms. The van der Waals surface area contributed by atoms with Crippen LogP contribution in [0.15, 0.2) is 35.4 Å². The molecular weight excluding hydrogens is 290 g/mol. The molecule has 1 aromatic carbocycles. The molecule has 6 atom stereocenters. The van der Waals surface area contributed by atoms with Gasteiger partial charge in [0.15, 0.2) is 0 Å². The Balaban J connectivity index is 1.75. The first kappa shape index (κ1) is 15.0. The van der Waals surface area contributed by atoms with Crippen LogP contribution in [0.1, 0.15) is 43.7 Å². The monoisotopic (exact) mass is 313 g/mol. The highest BCUT2D eigenvalue weighted by Gasteiger charge is 2.63. The molecule has 4 bridgehead atoms. The third-order valence-corrected chi connectivity index (χ3v) is 6.42. The van der Waals surface area contributed by atoms with Crippen molar-refractivity contribution in [1.82, 2.24) is 0 Å². The molecule has 0 aromatic heterocycles. The Morgan fingerprint density at radius 3 is 2.74 bits per heavy atom. The van der Waals surface area contributed by atoms with E-state index in [0.29, 0.717) is 18.3 Å². The zero-order valence-corrected chi connectivity index (χ0v) is 13.4. The SMILES string of the molecule is CO[C@@]12C[C@H]3C[C@@H](C1)[C@H](C(N=[N+]=[N-])c1ccccc1)[C@](O)(C3)C2. The number of rotatable bonds is 4. The second-order valence-electron chi connectivity index (χ2n) is 7.73. The highest BCUT2D eigenvalue weighted by atomic mass is 16.5. The minimum atomic E-state index is -0.783. The predicted molar refractivity (Wildman–Crippen MR) is 86.6 cm³/mol. The van der Waals surface area contributed by atoms with Gasteiger partial charge in [-0.25, -0.2) is 0 Å². The molecule has 0 saturated heterocycles. The van der Waals surface area contributed by atoms with Gasteiger partial charge in [-0.2, -0.15) is 0 Å². The van der Waals surface area contributed by atoms with Crippen LogP contribution in [0.4, 0.5) is 0 Å². The highest BCUT2D eigenvalue weighted by Crippen LogP contribution is 2.64. The first-order valence-corrected chi connectivity index (χ1v) is 8.46. The Morgan fingerprint density at radius 2 is 2.09 bits per heavy atom. The molecule has 4 fully saturated rings. The van der Waals surface area contributed by atoms with E-state index in [4.69, 9.17) is 10.3 Å². The van der Waals surface area contributed by atoms with Crippen molar-refractivity contribution in [3.05, 3.63) is 46.3 Å². The summed E-state index contributed by atoms with van der Waals surface area (Å²) in [5.74, 6) is 0.878.